The third-order valence-electron chi connectivity index (χ3n) is 5.61. The van der Waals surface area contributed by atoms with E-state index in [0.717, 1.165) is 11.0 Å². The molecule has 160 valence electrons. The topological polar surface area (TPSA) is 80.5 Å². The Kier molecular flexibility index (Phi) is 5.12. The minimum absolute atomic E-state index is 0.180. The number of non-ortho nitro benzene ring substituents is 1. The van der Waals surface area contributed by atoms with E-state index in [-0.39, 0.29) is 47.7 Å². The zero-order valence-corrected chi connectivity index (χ0v) is 16.2. The molecular weight excluding hydrogens is 413 g/mol. The number of rotatable bonds is 3. The summed E-state index contributed by atoms with van der Waals surface area (Å²) in [6.45, 7) is 0. The van der Waals surface area contributed by atoms with E-state index < -0.39 is 28.5 Å². The molecule has 9 heteroatoms. The lowest BCUT2D eigenvalue weighted by Gasteiger charge is -2.39. The molecule has 1 amide bonds. The number of nitro groups is 1. The number of alkyl halides is 3. The fourth-order valence-corrected chi connectivity index (χ4v) is 4.32. The van der Waals surface area contributed by atoms with Crippen LogP contribution in [-0.4, -0.2) is 16.6 Å². The summed E-state index contributed by atoms with van der Waals surface area (Å²) in [4.78, 5) is 37.6. The molecule has 1 atom stereocenters. The predicted octanol–water partition coefficient (Wildman–Crippen LogP) is 5.14. The van der Waals surface area contributed by atoms with Crippen molar-refractivity contribution < 1.29 is 27.7 Å². The number of allylic oxidation sites excluding steroid dienone is 2. The van der Waals surface area contributed by atoms with Gasteiger partial charge in [-0.15, -0.1) is 0 Å². The number of nitro benzene ring substituents is 1. The second-order valence-electron chi connectivity index (χ2n) is 7.49. The molecule has 0 bridgehead atoms. The van der Waals surface area contributed by atoms with Crippen molar-refractivity contribution in [2.75, 3.05) is 4.90 Å². The molecule has 6 nitrogen and oxygen atoms in total. The van der Waals surface area contributed by atoms with Gasteiger partial charge in [0.2, 0.25) is 5.91 Å². The van der Waals surface area contributed by atoms with Crippen LogP contribution in [0, 0.1) is 10.1 Å². The van der Waals surface area contributed by atoms with Gasteiger partial charge in [0.05, 0.1) is 16.2 Å². The molecule has 4 rings (SSSR count). The van der Waals surface area contributed by atoms with Crippen LogP contribution in [0.15, 0.2) is 59.8 Å². The molecule has 1 heterocycles. The average molecular weight is 430 g/mol. The van der Waals surface area contributed by atoms with Gasteiger partial charge in [-0.3, -0.25) is 24.6 Å². The van der Waals surface area contributed by atoms with Crippen LogP contribution >= 0.6 is 0 Å². The molecule has 1 unspecified atom stereocenters. The molecular formula is C22H17F3N2O4. The van der Waals surface area contributed by atoms with Crippen molar-refractivity contribution in [3.8, 4) is 0 Å². The van der Waals surface area contributed by atoms with E-state index in [9.17, 15) is 32.9 Å². The number of para-hydroxylation sites is 1. The number of benzene rings is 2. The van der Waals surface area contributed by atoms with E-state index in [1.165, 1.54) is 36.4 Å². The summed E-state index contributed by atoms with van der Waals surface area (Å²) < 4.78 is 40.8. The molecule has 0 fully saturated rings. The van der Waals surface area contributed by atoms with Gasteiger partial charge in [0.15, 0.2) is 5.78 Å². The first kappa shape index (κ1) is 20.8. The van der Waals surface area contributed by atoms with Crippen LogP contribution in [0.5, 0.6) is 0 Å². The smallest absolute Gasteiger partial charge is 0.294 e. The summed E-state index contributed by atoms with van der Waals surface area (Å²) in [7, 11) is 0. The second kappa shape index (κ2) is 7.64. The first-order chi connectivity index (χ1) is 14.7. The Bertz CT molecular complexity index is 1120. The highest BCUT2D eigenvalue weighted by molar-refractivity contribution is 6.07. The molecule has 0 N–H and O–H groups in total. The molecule has 1 aliphatic heterocycles. The van der Waals surface area contributed by atoms with Gasteiger partial charge in [0.1, 0.15) is 0 Å². The standard InChI is InChI=1S/C22H17F3N2O4/c23-22(24,25)16-7-1-2-8-17(16)26-18-9-4-10-19(28)21(18)15(12-20(26)29)13-5-3-6-14(11-13)27(30)31/h1-3,5-8,11,15H,4,9-10,12H2. The fraction of sp³-hybridized carbons (Fsp3) is 0.273. The van der Waals surface area contributed by atoms with Crippen LogP contribution in [-0.2, 0) is 15.8 Å². The maximum Gasteiger partial charge on any atom is 0.418 e. The van der Waals surface area contributed by atoms with Crippen molar-refractivity contribution in [1.29, 1.82) is 0 Å². The summed E-state index contributed by atoms with van der Waals surface area (Å²) in [6, 6.07) is 10.5. The van der Waals surface area contributed by atoms with Gasteiger partial charge >= 0.3 is 6.18 Å². The highest BCUT2D eigenvalue weighted by Crippen LogP contribution is 2.46. The van der Waals surface area contributed by atoms with E-state index in [2.05, 4.69) is 0 Å². The van der Waals surface area contributed by atoms with Crippen LogP contribution in [0.1, 0.15) is 42.7 Å². The Morgan fingerprint density at radius 1 is 1.03 bits per heavy atom. The Labute approximate surface area is 175 Å². The normalized spacial score (nSPS) is 19.5. The van der Waals surface area contributed by atoms with Crippen LogP contribution in [0.2, 0.25) is 0 Å². The molecule has 0 aromatic heterocycles. The molecule has 0 saturated heterocycles. The van der Waals surface area contributed by atoms with E-state index in [0.29, 0.717) is 12.0 Å². The van der Waals surface area contributed by atoms with Gasteiger partial charge in [0.25, 0.3) is 5.69 Å². The third kappa shape index (κ3) is 3.71. The summed E-state index contributed by atoms with van der Waals surface area (Å²) in [6.07, 6.45) is -4.03. The number of hydrogen-bond donors (Lipinski definition) is 0. The van der Waals surface area contributed by atoms with Crippen molar-refractivity contribution in [2.24, 2.45) is 0 Å². The number of nitrogens with zero attached hydrogens (tertiary/aromatic N) is 2. The number of Topliss-reactive ketones (excluding diaryl/α,β-unsaturated/α-hetero) is 1. The van der Waals surface area contributed by atoms with Crippen LogP contribution in [0.3, 0.4) is 0 Å². The quantitative estimate of drug-likeness (QED) is 0.499. The number of carbonyl (C=O) groups is 2. The third-order valence-corrected chi connectivity index (χ3v) is 5.61. The monoisotopic (exact) mass is 430 g/mol. The number of ketones is 1. The number of carbonyl (C=O) groups excluding carboxylic acids is 2. The molecule has 2 aromatic rings. The Morgan fingerprint density at radius 3 is 2.48 bits per heavy atom. The van der Waals surface area contributed by atoms with Gasteiger partial charge in [-0.25, -0.2) is 0 Å². The molecule has 0 spiro atoms. The number of anilines is 1. The van der Waals surface area contributed by atoms with E-state index in [1.807, 2.05) is 0 Å². The SMILES string of the molecule is O=C1CCCC2=C1C(c1cccc([N+](=O)[O-])c1)CC(=O)N2c1ccccc1C(F)(F)F. The summed E-state index contributed by atoms with van der Waals surface area (Å²) >= 11 is 0. The van der Waals surface area contributed by atoms with Gasteiger partial charge in [-0.1, -0.05) is 24.3 Å². The van der Waals surface area contributed by atoms with E-state index >= 15 is 0 Å². The summed E-state index contributed by atoms with van der Waals surface area (Å²) in [5, 5.41) is 11.2. The van der Waals surface area contributed by atoms with Crippen molar-refractivity contribution in [3.05, 3.63) is 81.0 Å². The maximum absolute atomic E-state index is 13.6. The zero-order chi connectivity index (χ0) is 22.3. The summed E-state index contributed by atoms with van der Waals surface area (Å²) in [5.41, 5.74) is -0.500. The molecule has 0 radical (unpaired) electrons. The van der Waals surface area contributed by atoms with Crippen molar-refractivity contribution >= 4 is 23.1 Å². The van der Waals surface area contributed by atoms with Crippen LogP contribution in [0.25, 0.3) is 0 Å². The van der Waals surface area contributed by atoms with Gasteiger partial charge in [-0.05, 0) is 30.5 Å². The lowest BCUT2D eigenvalue weighted by molar-refractivity contribution is -0.384. The fourth-order valence-electron chi connectivity index (χ4n) is 4.32. The van der Waals surface area contributed by atoms with Gasteiger partial charge in [-0.2, -0.15) is 13.2 Å². The Hall–Kier alpha value is -3.49. The molecule has 1 aliphatic carbocycles. The second-order valence-corrected chi connectivity index (χ2v) is 7.49. The highest BCUT2D eigenvalue weighted by Gasteiger charge is 2.43. The molecule has 2 aromatic carbocycles. The van der Waals surface area contributed by atoms with Gasteiger partial charge in [0, 0.05) is 42.2 Å². The highest BCUT2D eigenvalue weighted by atomic mass is 19.4. The van der Waals surface area contributed by atoms with Crippen molar-refractivity contribution in [2.45, 2.75) is 37.8 Å². The largest absolute Gasteiger partial charge is 0.418 e. The zero-order valence-electron chi connectivity index (χ0n) is 16.2. The van der Waals surface area contributed by atoms with E-state index in [1.54, 1.807) is 6.07 Å². The molecule has 31 heavy (non-hydrogen) atoms. The van der Waals surface area contributed by atoms with Crippen molar-refractivity contribution in [1.82, 2.24) is 0 Å². The lowest BCUT2D eigenvalue weighted by Crippen LogP contribution is -2.41. The van der Waals surface area contributed by atoms with E-state index in [4.69, 9.17) is 0 Å². The van der Waals surface area contributed by atoms with Crippen LogP contribution < -0.4 is 4.90 Å². The Morgan fingerprint density at radius 2 is 1.77 bits per heavy atom. The minimum Gasteiger partial charge on any atom is -0.294 e. The average Bonchev–Trinajstić information content (AvgIpc) is 2.73. The number of amides is 1. The summed E-state index contributed by atoms with van der Waals surface area (Å²) in [5.74, 6) is -1.56. The first-order valence-electron chi connectivity index (χ1n) is 9.68. The first-order valence-corrected chi connectivity index (χ1v) is 9.68. The Balaban J connectivity index is 1.89. The number of halogens is 3. The predicted molar refractivity (Wildman–Crippen MR) is 105 cm³/mol. The van der Waals surface area contributed by atoms with Crippen molar-refractivity contribution in [3.63, 3.8) is 0 Å². The maximum atomic E-state index is 13.6. The molecule has 2 aliphatic rings. The minimum atomic E-state index is -4.67. The molecule has 0 saturated carbocycles. The number of hydrogen-bond acceptors (Lipinski definition) is 4. The lowest BCUT2D eigenvalue weighted by atomic mass is 9.77. The van der Waals surface area contributed by atoms with Crippen LogP contribution in [0.4, 0.5) is 24.5 Å². The van der Waals surface area contributed by atoms with Gasteiger partial charge < -0.3 is 0 Å².